The Hall–Kier alpha value is -2.41. The zero-order valence-corrected chi connectivity index (χ0v) is 14.2. The molecule has 0 saturated heterocycles. The molecule has 0 amide bonds. The molecule has 0 spiro atoms. The van der Waals surface area contributed by atoms with Crippen LogP contribution in [-0.4, -0.2) is 14.8 Å². The molecule has 2 aromatic carbocycles. The highest BCUT2D eigenvalue weighted by atomic mass is 79.9. The molecule has 24 heavy (non-hydrogen) atoms. The van der Waals surface area contributed by atoms with Crippen molar-refractivity contribution >= 4 is 27.8 Å². The van der Waals surface area contributed by atoms with Crippen LogP contribution in [0, 0.1) is 5.82 Å². The van der Waals surface area contributed by atoms with Gasteiger partial charge in [-0.15, -0.1) is 5.10 Å². The second kappa shape index (κ2) is 5.90. The van der Waals surface area contributed by atoms with Crippen LogP contribution in [0.2, 0.25) is 0 Å². The summed E-state index contributed by atoms with van der Waals surface area (Å²) < 4.78 is 16.0. The lowest BCUT2D eigenvalue weighted by Crippen LogP contribution is -2.28. The van der Waals surface area contributed by atoms with Crippen LogP contribution in [0.1, 0.15) is 29.6 Å². The highest BCUT2D eigenvalue weighted by Crippen LogP contribution is 2.38. The van der Waals surface area contributed by atoms with E-state index in [1.165, 1.54) is 12.1 Å². The molecular weight excluding hydrogens is 373 g/mol. The minimum absolute atomic E-state index is 0.00129. The quantitative estimate of drug-likeness (QED) is 0.699. The van der Waals surface area contributed by atoms with E-state index >= 15 is 0 Å². The van der Waals surface area contributed by atoms with Crippen LogP contribution in [0.15, 0.2) is 53.0 Å². The molecule has 1 aliphatic heterocycles. The fraction of sp³-hybridized carbons (Fsp3) is 0.176. The molecule has 5 nitrogen and oxygen atoms in total. The highest BCUT2D eigenvalue weighted by molar-refractivity contribution is 9.10. The molecule has 0 aliphatic carbocycles. The number of halogens is 2. The molecule has 7 heteroatoms. The summed E-state index contributed by atoms with van der Waals surface area (Å²) in [7, 11) is 0. The zero-order valence-electron chi connectivity index (χ0n) is 12.7. The summed E-state index contributed by atoms with van der Waals surface area (Å²) in [4.78, 5) is 4.28. The molecule has 0 bridgehead atoms. The molecule has 3 N–H and O–H groups in total. The van der Waals surface area contributed by atoms with Gasteiger partial charge in [0.15, 0.2) is 0 Å². The largest absolute Gasteiger partial charge is 0.366 e. The Bertz CT molecular complexity index is 877. The number of aromatic nitrogens is 3. The van der Waals surface area contributed by atoms with E-state index in [2.05, 4.69) is 43.5 Å². The van der Waals surface area contributed by atoms with Gasteiger partial charge in [0.2, 0.25) is 11.9 Å². The van der Waals surface area contributed by atoms with E-state index < -0.39 is 0 Å². The normalized spacial score (nSPS) is 19.6. The van der Waals surface area contributed by atoms with Crippen molar-refractivity contribution in [2.45, 2.75) is 18.5 Å². The van der Waals surface area contributed by atoms with Crippen molar-refractivity contribution < 1.29 is 4.39 Å². The van der Waals surface area contributed by atoms with Crippen molar-refractivity contribution in [3.63, 3.8) is 0 Å². The predicted octanol–water partition coefficient (Wildman–Crippen LogP) is 3.91. The van der Waals surface area contributed by atoms with Crippen molar-refractivity contribution in [3.05, 3.63) is 69.9 Å². The third-order valence-electron chi connectivity index (χ3n) is 4.21. The maximum absolute atomic E-state index is 13.2. The summed E-state index contributed by atoms with van der Waals surface area (Å²) in [5.74, 6) is 0.612. The van der Waals surface area contributed by atoms with E-state index in [0.717, 1.165) is 22.0 Å². The summed E-state index contributed by atoms with van der Waals surface area (Å²) in [6, 6.07) is 14.6. The van der Waals surface area contributed by atoms with Crippen LogP contribution < -0.4 is 11.1 Å². The number of hydrogen-bond donors (Lipinski definition) is 2. The first-order chi connectivity index (χ1) is 11.6. The van der Waals surface area contributed by atoms with Gasteiger partial charge in [0.1, 0.15) is 5.82 Å². The molecule has 122 valence electrons. The fourth-order valence-electron chi connectivity index (χ4n) is 3.10. The van der Waals surface area contributed by atoms with E-state index in [4.69, 9.17) is 5.73 Å². The van der Waals surface area contributed by atoms with Crippen LogP contribution in [0.25, 0.3) is 0 Å². The number of nitrogens with zero attached hydrogens (tertiary/aromatic N) is 3. The summed E-state index contributed by atoms with van der Waals surface area (Å²) >= 11 is 3.51. The van der Waals surface area contributed by atoms with Gasteiger partial charge in [-0.2, -0.15) is 4.98 Å². The van der Waals surface area contributed by atoms with Gasteiger partial charge in [0.25, 0.3) is 0 Å². The second-order valence-corrected chi connectivity index (χ2v) is 6.71. The lowest BCUT2D eigenvalue weighted by Gasteiger charge is -2.31. The zero-order chi connectivity index (χ0) is 16.7. The monoisotopic (exact) mass is 387 g/mol. The van der Waals surface area contributed by atoms with Crippen molar-refractivity contribution in [2.24, 2.45) is 0 Å². The number of nitrogens with one attached hydrogen (secondary N) is 1. The van der Waals surface area contributed by atoms with E-state index in [-0.39, 0.29) is 23.8 Å². The van der Waals surface area contributed by atoms with Crippen LogP contribution in [0.3, 0.4) is 0 Å². The topological polar surface area (TPSA) is 68.8 Å². The van der Waals surface area contributed by atoms with Gasteiger partial charge < -0.3 is 11.1 Å². The first-order valence-corrected chi connectivity index (χ1v) is 8.39. The van der Waals surface area contributed by atoms with Gasteiger partial charge in [-0.05, 0) is 41.8 Å². The van der Waals surface area contributed by atoms with Gasteiger partial charge in [-0.3, -0.25) is 0 Å². The first kappa shape index (κ1) is 15.1. The smallest absolute Gasteiger partial charge is 0.241 e. The van der Waals surface area contributed by atoms with Crippen molar-refractivity contribution in [3.8, 4) is 0 Å². The van der Waals surface area contributed by atoms with Gasteiger partial charge >= 0.3 is 0 Å². The van der Waals surface area contributed by atoms with Gasteiger partial charge in [-0.1, -0.05) is 40.2 Å². The summed E-state index contributed by atoms with van der Waals surface area (Å²) in [5.41, 5.74) is 7.91. The maximum atomic E-state index is 13.2. The molecular formula is C17H15BrFN5. The molecule has 2 heterocycles. The Labute approximate surface area is 146 Å². The Kier molecular flexibility index (Phi) is 3.72. The molecule has 2 atom stereocenters. The Morgan fingerprint density at radius 1 is 1.17 bits per heavy atom. The first-order valence-electron chi connectivity index (χ1n) is 7.59. The Morgan fingerprint density at radius 2 is 1.96 bits per heavy atom. The molecule has 0 fully saturated rings. The van der Waals surface area contributed by atoms with Gasteiger partial charge in [-0.25, -0.2) is 9.07 Å². The van der Waals surface area contributed by atoms with E-state index in [0.29, 0.717) is 5.95 Å². The predicted molar refractivity (Wildman–Crippen MR) is 94.1 cm³/mol. The van der Waals surface area contributed by atoms with E-state index in [1.807, 2.05) is 16.8 Å². The molecule has 4 rings (SSSR count). The summed E-state index contributed by atoms with van der Waals surface area (Å²) in [6.07, 6.45) is 0.762. The fourth-order valence-corrected chi connectivity index (χ4v) is 3.52. The molecule has 0 saturated carbocycles. The number of fused-ring (bicyclic) bond motifs is 1. The van der Waals surface area contributed by atoms with Gasteiger partial charge in [0, 0.05) is 4.47 Å². The van der Waals surface area contributed by atoms with Crippen LogP contribution in [0.5, 0.6) is 0 Å². The standard InChI is InChI=1S/C17H15BrFN5/c18-12-3-1-2-11(8-12)15-9-14(10-4-6-13(19)7-5-10)21-17-22-16(20)23-24(15)17/h1-8,14-15H,9H2,(H3,20,21,22,23)/t14-,15+/m0/s1. The van der Waals surface area contributed by atoms with Crippen molar-refractivity contribution in [1.82, 2.24) is 14.8 Å². The number of hydrogen-bond acceptors (Lipinski definition) is 4. The number of rotatable bonds is 2. The average molecular weight is 388 g/mol. The minimum Gasteiger partial charge on any atom is -0.366 e. The Balaban J connectivity index is 1.76. The molecule has 1 aromatic heterocycles. The van der Waals surface area contributed by atoms with Crippen molar-refractivity contribution in [1.29, 1.82) is 0 Å². The number of nitrogens with two attached hydrogens (primary N) is 1. The van der Waals surface area contributed by atoms with Crippen LogP contribution in [-0.2, 0) is 0 Å². The number of anilines is 2. The highest BCUT2D eigenvalue weighted by Gasteiger charge is 2.30. The van der Waals surface area contributed by atoms with Crippen LogP contribution >= 0.6 is 15.9 Å². The average Bonchev–Trinajstić information content (AvgIpc) is 2.94. The lowest BCUT2D eigenvalue weighted by atomic mass is 9.93. The number of nitrogen functional groups attached to an aromatic ring is 1. The molecule has 1 aliphatic rings. The second-order valence-electron chi connectivity index (χ2n) is 5.79. The molecule has 0 radical (unpaired) electrons. The molecule has 0 unspecified atom stereocenters. The summed E-state index contributed by atoms with van der Waals surface area (Å²) in [5, 5.41) is 7.67. The maximum Gasteiger partial charge on any atom is 0.241 e. The third-order valence-corrected chi connectivity index (χ3v) is 4.70. The Morgan fingerprint density at radius 3 is 2.71 bits per heavy atom. The number of benzene rings is 2. The SMILES string of the molecule is Nc1nc2n(n1)[C@@H](c1cccc(Br)c1)C[C@@H](c1ccc(F)cc1)N2. The summed E-state index contributed by atoms with van der Waals surface area (Å²) in [6.45, 7) is 0. The van der Waals surface area contributed by atoms with E-state index in [9.17, 15) is 4.39 Å². The van der Waals surface area contributed by atoms with Gasteiger partial charge in [0.05, 0.1) is 12.1 Å². The third kappa shape index (κ3) is 2.75. The lowest BCUT2D eigenvalue weighted by molar-refractivity contribution is 0.431. The van der Waals surface area contributed by atoms with Crippen LogP contribution in [0.4, 0.5) is 16.3 Å². The van der Waals surface area contributed by atoms with E-state index in [1.54, 1.807) is 12.1 Å². The minimum atomic E-state index is -0.245. The van der Waals surface area contributed by atoms with Crippen molar-refractivity contribution in [2.75, 3.05) is 11.1 Å². The molecule has 3 aromatic rings.